The molecule has 7 heteroatoms. The maximum Gasteiger partial charge on any atom is 0.255 e. The number of hydrogen-bond acceptors (Lipinski definition) is 3. The van der Waals surface area contributed by atoms with Gasteiger partial charge in [-0.3, -0.25) is 9.59 Å². The molecule has 0 unspecified atom stereocenters. The highest BCUT2D eigenvalue weighted by Gasteiger charge is 2.09. The first-order chi connectivity index (χ1) is 13.5. The summed E-state index contributed by atoms with van der Waals surface area (Å²) in [5.41, 5.74) is 1.20. The molecular weight excluding hydrogens is 399 g/mol. The summed E-state index contributed by atoms with van der Waals surface area (Å²) in [5, 5.41) is 5.82. The van der Waals surface area contributed by atoms with Crippen LogP contribution in [-0.2, 0) is 4.79 Å². The Bertz CT molecular complexity index is 1010. The Labute approximate surface area is 171 Å². The maximum atomic E-state index is 13.6. The van der Waals surface area contributed by atoms with E-state index in [9.17, 15) is 14.0 Å². The van der Waals surface area contributed by atoms with Crippen LogP contribution in [0.1, 0.15) is 10.4 Å². The van der Waals surface area contributed by atoms with E-state index in [-0.39, 0.29) is 23.3 Å². The normalized spacial score (nSPS) is 10.4. The summed E-state index contributed by atoms with van der Waals surface area (Å²) in [6, 6.07) is 19.8. The third-order valence-electron chi connectivity index (χ3n) is 3.70. The number of carbonyl (C=O) groups excluding carboxylic acids is 2. The van der Waals surface area contributed by atoms with Gasteiger partial charge in [0.2, 0.25) is 5.91 Å². The highest BCUT2D eigenvalue weighted by Crippen LogP contribution is 2.23. The Morgan fingerprint density at radius 3 is 2.50 bits per heavy atom. The van der Waals surface area contributed by atoms with E-state index in [1.165, 1.54) is 23.9 Å². The van der Waals surface area contributed by atoms with Crippen molar-refractivity contribution in [2.45, 2.75) is 4.90 Å². The molecule has 0 atom stereocenters. The Morgan fingerprint density at radius 1 is 0.929 bits per heavy atom. The smallest absolute Gasteiger partial charge is 0.255 e. The second kappa shape index (κ2) is 9.39. The number of halogens is 2. The Kier molecular flexibility index (Phi) is 6.68. The van der Waals surface area contributed by atoms with E-state index in [1.54, 1.807) is 54.6 Å². The molecule has 0 aliphatic heterocycles. The van der Waals surface area contributed by atoms with Gasteiger partial charge in [-0.15, -0.1) is 11.8 Å². The zero-order valence-corrected chi connectivity index (χ0v) is 16.2. The lowest BCUT2D eigenvalue weighted by molar-refractivity contribution is -0.113. The van der Waals surface area contributed by atoms with Gasteiger partial charge >= 0.3 is 0 Å². The minimum absolute atomic E-state index is 0.111. The molecule has 0 bridgehead atoms. The number of thioether (sulfide) groups is 1. The molecule has 2 amide bonds. The van der Waals surface area contributed by atoms with Crippen molar-refractivity contribution < 1.29 is 14.0 Å². The van der Waals surface area contributed by atoms with Crippen molar-refractivity contribution >= 4 is 46.6 Å². The number of carbonyl (C=O) groups is 2. The van der Waals surface area contributed by atoms with Crippen molar-refractivity contribution in [2.24, 2.45) is 0 Å². The van der Waals surface area contributed by atoms with Crippen LogP contribution in [-0.4, -0.2) is 17.6 Å². The predicted molar refractivity (Wildman–Crippen MR) is 112 cm³/mol. The number of hydrogen-bond donors (Lipinski definition) is 2. The summed E-state index contributed by atoms with van der Waals surface area (Å²) >= 11 is 7.20. The summed E-state index contributed by atoms with van der Waals surface area (Å²) in [6.45, 7) is 0. The lowest BCUT2D eigenvalue weighted by Crippen LogP contribution is -2.15. The number of anilines is 2. The van der Waals surface area contributed by atoms with E-state index >= 15 is 0 Å². The average molecular weight is 415 g/mol. The van der Waals surface area contributed by atoms with Crippen LogP contribution in [0, 0.1) is 5.82 Å². The quantitative estimate of drug-likeness (QED) is 0.526. The molecule has 28 heavy (non-hydrogen) atoms. The summed E-state index contributed by atoms with van der Waals surface area (Å²) in [7, 11) is 0. The van der Waals surface area contributed by atoms with Crippen LogP contribution in [0.2, 0.25) is 5.02 Å². The molecule has 0 spiro atoms. The van der Waals surface area contributed by atoms with Crippen molar-refractivity contribution in [3.63, 3.8) is 0 Å². The van der Waals surface area contributed by atoms with Crippen LogP contribution in [0.15, 0.2) is 77.7 Å². The number of rotatable bonds is 6. The maximum absolute atomic E-state index is 13.6. The van der Waals surface area contributed by atoms with E-state index in [4.69, 9.17) is 11.6 Å². The number of nitrogens with one attached hydrogen (secondary N) is 2. The Morgan fingerprint density at radius 2 is 1.71 bits per heavy atom. The van der Waals surface area contributed by atoms with Gasteiger partial charge in [-0.05, 0) is 48.5 Å². The van der Waals surface area contributed by atoms with Gasteiger partial charge in [0.15, 0.2) is 0 Å². The van der Waals surface area contributed by atoms with Crippen LogP contribution in [0.3, 0.4) is 0 Å². The topological polar surface area (TPSA) is 58.2 Å². The summed E-state index contributed by atoms with van der Waals surface area (Å²) < 4.78 is 13.6. The van der Waals surface area contributed by atoms with Gasteiger partial charge in [-0.25, -0.2) is 4.39 Å². The summed E-state index contributed by atoms with van der Waals surface area (Å²) in [4.78, 5) is 25.1. The van der Waals surface area contributed by atoms with Crippen LogP contribution >= 0.6 is 23.4 Å². The van der Waals surface area contributed by atoms with Gasteiger partial charge in [-0.1, -0.05) is 35.9 Å². The molecule has 0 aliphatic rings. The molecule has 0 aromatic heterocycles. The Balaban J connectivity index is 1.58. The van der Waals surface area contributed by atoms with Gasteiger partial charge in [0.25, 0.3) is 5.91 Å². The van der Waals surface area contributed by atoms with Gasteiger partial charge in [0.05, 0.1) is 11.4 Å². The first-order valence-electron chi connectivity index (χ1n) is 8.35. The lowest BCUT2D eigenvalue weighted by atomic mass is 10.2. The number of para-hydroxylation sites is 1. The van der Waals surface area contributed by atoms with E-state index in [0.717, 1.165) is 4.90 Å². The molecule has 0 aliphatic carbocycles. The molecule has 142 valence electrons. The summed E-state index contributed by atoms with van der Waals surface area (Å²) in [6.07, 6.45) is 0. The molecule has 3 rings (SSSR count). The molecule has 0 radical (unpaired) electrons. The molecular formula is C21H16ClFN2O2S. The van der Waals surface area contributed by atoms with Crippen molar-refractivity contribution in [3.05, 3.63) is 89.2 Å². The van der Waals surface area contributed by atoms with E-state index < -0.39 is 5.82 Å². The highest BCUT2D eigenvalue weighted by atomic mass is 35.5. The van der Waals surface area contributed by atoms with E-state index in [1.807, 2.05) is 6.07 Å². The second-order valence-corrected chi connectivity index (χ2v) is 7.29. The number of amides is 2. The minimum Gasteiger partial charge on any atom is -0.323 e. The van der Waals surface area contributed by atoms with Crippen molar-refractivity contribution in [3.8, 4) is 0 Å². The van der Waals surface area contributed by atoms with Crippen LogP contribution in [0.25, 0.3) is 0 Å². The van der Waals surface area contributed by atoms with E-state index in [2.05, 4.69) is 10.6 Å². The molecule has 0 saturated heterocycles. The molecule has 0 saturated carbocycles. The van der Waals surface area contributed by atoms with Crippen LogP contribution in [0.4, 0.5) is 15.8 Å². The molecule has 4 nitrogen and oxygen atoms in total. The van der Waals surface area contributed by atoms with Crippen molar-refractivity contribution in [2.75, 3.05) is 16.4 Å². The highest BCUT2D eigenvalue weighted by molar-refractivity contribution is 8.00. The molecule has 0 fully saturated rings. The van der Waals surface area contributed by atoms with E-state index in [0.29, 0.717) is 16.3 Å². The van der Waals surface area contributed by atoms with Gasteiger partial charge in [0, 0.05) is 21.2 Å². The van der Waals surface area contributed by atoms with Crippen molar-refractivity contribution in [1.29, 1.82) is 0 Å². The SMILES string of the molecule is O=C(CSc1cccc(NC(=O)c2cccc(Cl)c2)c1)Nc1ccccc1F. The minimum atomic E-state index is -0.480. The second-order valence-electron chi connectivity index (χ2n) is 5.81. The van der Waals surface area contributed by atoms with Crippen LogP contribution in [0.5, 0.6) is 0 Å². The monoisotopic (exact) mass is 414 g/mol. The fourth-order valence-electron chi connectivity index (χ4n) is 2.39. The summed E-state index contributed by atoms with van der Waals surface area (Å²) in [5.74, 6) is -0.961. The number of benzene rings is 3. The first-order valence-corrected chi connectivity index (χ1v) is 9.72. The standard InChI is InChI=1S/C21H16ClFN2O2S/c22-15-6-3-5-14(11-15)21(27)24-16-7-4-8-17(12-16)28-13-20(26)25-19-10-2-1-9-18(19)23/h1-12H,13H2,(H,24,27)(H,25,26). The first kappa shape index (κ1) is 19.9. The zero-order chi connectivity index (χ0) is 19.9. The third-order valence-corrected chi connectivity index (χ3v) is 4.93. The Hall–Kier alpha value is -2.83. The van der Waals surface area contributed by atoms with Gasteiger partial charge in [-0.2, -0.15) is 0 Å². The third kappa shape index (κ3) is 5.58. The van der Waals surface area contributed by atoms with Gasteiger partial charge in [0.1, 0.15) is 5.82 Å². The zero-order valence-electron chi connectivity index (χ0n) is 14.6. The predicted octanol–water partition coefficient (Wildman–Crippen LogP) is 5.46. The molecule has 2 N–H and O–H groups in total. The molecule has 3 aromatic rings. The fraction of sp³-hybridized carbons (Fsp3) is 0.0476. The molecule has 0 heterocycles. The van der Waals surface area contributed by atoms with Crippen LogP contribution < -0.4 is 10.6 Å². The fourth-order valence-corrected chi connectivity index (χ4v) is 3.34. The van der Waals surface area contributed by atoms with Crippen molar-refractivity contribution in [1.82, 2.24) is 0 Å². The average Bonchev–Trinajstić information content (AvgIpc) is 2.68. The lowest BCUT2D eigenvalue weighted by Gasteiger charge is -2.08. The largest absolute Gasteiger partial charge is 0.323 e. The molecule has 3 aromatic carbocycles. The van der Waals surface area contributed by atoms with Gasteiger partial charge < -0.3 is 10.6 Å².